The lowest BCUT2D eigenvalue weighted by molar-refractivity contribution is -0.152. The summed E-state index contributed by atoms with van der Waals surface area (Å²) < 4.78 is 16.6. The van der Waals surface area contributed by atoms with Crippen molar-refractivity contribution in [2.45, 2.75) is 63.6 Å². The van der Waals surface area contributed by atoms with Crippen LogP contribution in [0.1, 0.15) is 56.6 Å². The van der Waals surface area contributed by atoms with Crippen molar-refractivity contribution in [2.75, 3.05) is 33.5 Å². The number of amides is 2. The van der Waals surface area contributed by atoms with Crippen LogP contribution >= 0.6 is 0 Å². The van der Waals surface area contributed by atoms with Crippen LogP contribution in [0.5, 0.6) is 0 Å². The van der Waals surface area contributed by atoms with Gasteiger partial charge in [-0.2, -0.15) is 0 Å². The second kappa shape index (κ2) is 12.4. The van der Waals surface area contributed by atoms with Crippen LogP contribution < -0.4 is 0 Å². The molecule has 8 nitrogen and oxygen atoms in total. The summed E-state index contributed by atoms with van der Waals surface area (Å²) in [4.78, 5) is 42.6. The first-order valence-electron chi connectivity index (χ1n) is 13.4. The van der Waals surface area contributed by atoms with Crippen LogP contribution in [0.2, 0.25) is 0 Å². The minimum Gasteiger partial charge on any atom is -0.461 e. The molecule has 4 rings (SSSR count). The van der Waals surface area contributed by atoms with Crippen molar-refractivity contribution >= 4 is 23.5 Å². The van der Waals surface area contributed by atoms with Crippen molar-refractivity contribution in [3.8, 4) is 0 Å². The number of fused-ring (bicyclic) bond motifs is 3. The van der Waals surface area contributed by atoms with Crippen LogP contribution in [-0.2, 0) is 23.8 Å². The zero-order chi connectivity index (χ0) is 27.2. The highest BCUT2D eigenvalue weighted by molar-refractivity contribution is 5.90. The Hall–Kier alpha value is -3.39. The maximum Gasteiger partial charge on any atom is 0.410 e. The molecule has 2 fully saturated rings. The Morgan fingerprint density at radius 3 is 2.58 bits per heavy atom. The molecule has 3 unspecified atom stereocenters. The van der Waals surface area contributed by atoms with E-state index in [4.69, 9.17) is 14.2 Å². The highest BCUT2D eigenvalue weighted by atomic mass is 16.6. The molecule has 4 atom stereocenters. The minimum absolute atomic E-state index is 0.0392. The average Bonchev–Trinajstić information content (AvgIpc) is 3.34. The number of esters is 1. The molecule has 38 heavy (non-hydrogen) atoms. The quantitative estimate of drug-likeness (QED) is 0.333. The van der Waals surface area contributed by atoms with Gasteiger partial charge in [-0.1, -0.05) is 56.0 Å². The van der Waals surface area contributed by atoms with E-state index in [9.17, 15) is 14.4 Å². The van der Waals surface area contributed by atoms with Gasteiger partial charge in [-0.15, -0.1) is 0 Å². The van der Waals surface area contributed by atoms with Crippen LogP contribution in [-0.4, -0.2) is 79.4 Å². The Kier molecular flexibility index (Phi) is 9.05. The second-order valence-electron chi connectivity index (χ2n) is 10.1. The van der Waals surface area contributed by atoms with Gasteiger partial charge < -0.3 is 19.1 Å². The first-order chi connectivity index (χ1) is 18.4. The molecule has 2 bridgehead atoms. The smallest absolute Gasteiger partial charge is 0.410 e. The van der Waals surface area contributed by atoms with Crippen molar-refractivity contribution in [1.29, 1.82) is 0 Å². The summed E-state index contributed by atoms with van der Waals surface area (Å²) in [5.74, 6) is -0.948. The summed E-state index contributed by atoms with van der Waals surface area (Å²) in [6.45, 7) is 8.82. The van der Waals surface area contributed by atoms with E-state index in [2.05, 4.69) is 44.7 Å². The maximum absolute atomic E-state index is 13.7. The number of hydrogen-bond donors (Lipinski definition) is 0. The lowest BCUT2D eigenvalue weighted by Gasteiger charge is -2.38. The van der Waals surface area contributed by atoms with E-state index < -0.39 is 18.1 Å². The van der Waals surface area contributed by atoms with E-state index >= 15 is 0 Å². The summed E-state index contributed by atoms with van der Waals surface area (Å²) in [6.07, 6.45) is 7.36. The summed E-state index contributed by atoms with van der Waals surface area (Å²) in [6, 6.07) is 7.00. The van der Waals surface area contributed by atoms with Crippen molar-refractivity contribution in [3.05, 3.63) is 65.8 Å². The third-order valence-corrected chi connectivity index (χ3v) is 7.71. The highest BCUT2D eigenvalue weighted by Gasteiger charge is 2.45. The van der Waals surface area contributed by atoms with E-state index in [1.54, 1.807) is 4.90 Å². The number of likely N-dealkylation sites (N-methyl/N-ethyl adjacent to an activating group) is 1. The minimum atomic E-state index is -1.03. The Balaban J connectivity index is 1.50. The number of ether oxygens (including phenoxy) is 3. The van der Waals surface area contributed by atoms with Gasteiger partial charge in [-0.3, -0.25) is 14.5 Å². The summed E-state index contributed by atoms with van der Waals surface area (Å²) in [5, 5.41) is 0. The SMILES string of the molecule is C=CCOC(=O)C[C@@H](C(=O)N1C2CCC1COC2)N(C)C(=O)OCC1C(/C=C\CC)=C(C)c2ccccc21. The topological polar surface area (TPSA) is 85.4 Å². The standard InChI is InChI=1S/C30H38N2O6/c1-5-7-10-24-20(3)23-11-8-9-12-25(23)26(24)19-38-30(35)31(4)27(16-28(33)37-15-6-2)29(34)32-21-13-14-22(32)18-36-17-21/h6-12,21-22,26-27H,2,5,13-19H2,1,3-4H3/b10-7-/t21?,22?,26?,27-/m0/s1. The third kappa shape index (κ3) is 5.70. The molecule has 1 aliphatic carbocycles. The van der Waals surface area contributed by atoms with Gasteiger partial charge in [-0.25, -0.2) is 4.79 Å². The van der Waals surface area contributed by atoms with Gasteiger partial charge in [0.2, 0.25) is 5.91 Å². The lowest BCUT2D eigenvalue weighted by atomic mass is 9.96. The first kappa shape index (κ1) is 27.6. The molecule has 0 radical (unpaired) electrons. The summed E-state index contributed by atoms with van der Waals surface area (Å²) >= 11 is 0. The van der Waals surface area contributed by atoms with Gasteiger partial charge in [-0.05, 0) is 48.5 Å². The van der Waals surface area contributed by atoms with Crippen molar-refractivity contribution in [1.82, 2.24) is 9.80 Å². The first-order valence-corrected chi connectivity index (χ1v) is 13.4. The molecule has 0 aromatic heterocycles. The van der Waals surface area contributed by atoms with Crippen molar-refractivity contribution in [3.63, 3.8) is 0 Å². The molecule has 2 heterocycles. The number of benzene rings is 1. The van der Waals surface area contributed by atoms with Crippen LogP contribution in [0, 0.1) is 0 Å². The third-order valence-electron chi connectivity index (χ3n) is 7.71. The average molecular weight is 523 g/mol. The van der Waals surface area contributed by atoms with E-state index in [0.29, 0.717) is 13.2 Å². The number of morpholine rings is 1. The molecule has 2 aliphatic heterocycles. The fourth-order valence-corrected chi connectivity index (χ4v) is 5.69. The number of carbonyl (C=O) groups excluding carboxylic acids is 3. The van der Waals surface area contributed by atoms with Crippen LogP contribution in [0.25, 0.3) is 5.57 Å². The molecule has 3 aliphatic rings. The molecule has 1 aromatic carbocycles. The zero-order valence-corrected chi connectivity index (χ0v) is 22.6. The Bertz CT molecular complexity index is 1110. The molecule has 1 aromatic rings. The van der Waals surface area contributed by atoms with Gasteiger partial charge in [0.1, 0.15) is 19.3 Å². The van der Waals surface area contributed by atoms with Crippen LogP contribution in [0.4, 0.5) is 4.79 Å². The monoisotopic (exact) mass is 522 g/mol. The predicted molar refractivity (Wildman–Crippen MR) is 144 cm³/mol. The molecule has 0 N–H and O–H groups in total. The Morgan fingerprint density at radius 2 is 1.89 bits per heavy atom. The molecule has 0 saturated carbocycles. The van der Waals surface area contributed by atoms with E-state index in [1.165, 1.54) is 23.6 Å². The number of hydrogen-bond acceptors (Lipinski definition) is 6. The number of rotatable bonds is 10. The van der Waals surface area contributed by atoms with Crippen LogP contribution in [0.3, 0.4) is 0 Å². The largest absolute Gasteiger partial charge is 0.461 e. The fourth-order valence-electron chi connectivity index (χ4n) is 5.69. The number of carbonyl (C=O) groups is 3. The van der Waals surface area contributed by atoms with Crippen molar-refractivity contribution < 1.29 is 28.6 Å². The molecule has 0 spiro atoms. The maximum atomic E-state index is 13.7. The van der Waals surface area contributed by atoms with E-state index in [0.717, 1.165) is 36.0 Å². The van der Waals surface area contributed by atoms with Gasteiger partial charge in [0.25, 0.3) is 0 Å². The highest BCUT2D eigenvalue weighted by Crippen LogP contribution is 2.42. The molecule has 8 heteroatoms. The van der Waals surface area contributed by atoms with Gasteiger partial charge in [0.15, 0.2) is 0 Å². The van der Waals surface area contributed by atoms with E-state index in [-0.39, 0.29) is 43.5 Å². The zero-order valence-electron chi connectivity index (χ0n) is 22.6. The van der Waals surface area contributed by atoms with Gasteiger partial charge in [0.05, 0.1) is 31.7 Å². The van der Waals surface area contributed by atoms with Gasteiger partial charge in [0, 0.05) is 13.0 Å². The van der Waals surface area contributed by atoms with Gasteiger partial charge >= 0.3 is 12.1 Å². The predicted octanol–water partition coefficient (Wildman–Crippen LogP) is 4.47. The molecule has 2 saturated heterocycles. The Labute approximate surface area is 224 Å². The van der Waals surface area contributed by atoms with Crippen molar-refractivity contribution in [2.24, 2.45) is 0 Å². The number of nitrogens with zero attached hydrogens (tertiary/aromatic N) is 2. The number of allylic oxidation sites excluding steroid dienone is 3. The fraction of sp³-hybridized carbons (Fsp3) is 0.500. The second-order valence-corrected chi connectivity index (χ2v) is 10.1. The summed E-state index contributed by atoms with van der Waals surface area (Å²) in [5.41, 5.74) is 4.55. The summed E-state index contributed by atoms with van der Waals surface area (Å²) in [7, 11) is 1.51. The van der Waals surface area contributed by atoms with E-state index in [1.807, 2.05) is 12.1 Å². The molecule has 204 valence electrons. The molecular formula is C30H38N2O6. The lowest BCUT2D eigenvalue weighted by Crippen LogP contribution is -2.57. The molecule has 2 amide bonds. The normalized spacial score (nSPS) is 22.8. The Morgan fingerprint density at radius 1 is 1.18 bits per heavy atom. The molecular weight excluding hydrogens is 484 g/mol. The van der Waals surface area contributed by atoms with Crippen LogP contribution in [0.15, 0.2) is 54.6 Å².